The zero-order valence-corrected chi connectivity index (χ0v) is 10.8. The third kappa shape index (κ3) is 3.70. The number of carbonyl (C=O) groups excluding carboxylic acids is 2. The Kier molecular flexibility index (Phi) is 4.93. The van der Waals surface area contributed by atoms with Crippen LogP contribution in [0.15, 0.2) is 0 Å². The molecule has 1 aliphatic carbocycles. The van der Waals surface area contributed by atoms with E-state index in [1.807, 2.05) is 0 Å². The lowest BCUT2D eigenvalue weighted by Crippen LogP contribution is -2.56. The number of ether oxygens (including phenoxy) is 1. The van der Waals surface area contributed by atoms with E-state index < -0.39 is 12.0 Å². The number of carbonyl (C=O) groups is 2. The average Bonchev–Trinajstić information content (AvgIpc) is 2.25. The summed E-state index contributed by atoms with van der Waals surface area (Å²) in [4.78, 5) is 22.5. The lowest BCUT2D eigenvalue weighted by molar-refractivity contribution is -0.144. The number of nitrogens with one attached hydrogen (secondary N) is 2. The Morgan fingerprint density at radius 2 is 2.06 bits per heavy atom. The van der Waals surface area contributed by atoms with Gasteiger partial charge in [0.1, 0.15) is 6.04 Å². The maximum Gasteiger partial charge on any atom is 0.329 e. The number of hydrogen-bond donors (Lipinski definition) is 2. The molecule has 0 aromatic carbocycles. The maximum atomic E-state index is 11.5. The summed E-state index contributed by atoms with van der Waals surface area (Å²) in [6.07, 6.45) is 4.54. The fraction of sp³-hybridized carbons (Fsp3) is 0.833. The summed E-state index contributed by atoms with van der Waals surface area (Å²) in [7, 11) is 1.33. The molecule has 0 aromatic heterocycles. The van der Waals surface area contributed by atoms with Crippen LogP contribution >= 0.6 is 0 Å². The summed E-state index contributed by atoms with van der Waals surface area (Å²) in [6, 6.07) is -0.596. The number of amides is 1. The topological polar surface area (TPSA) is 67.4 Å². The molecule has 5 nitrogen and oxygen atoms in total. The van der Waals surface area contributed by atoms with Gasteiger partial charge in [-0.1, -0.05) is 6.92 Å². The Bertz CT molecular complexity index is 282. The quantitative estimate of drug-likeness (QED) is 0.669. The second-order valence-electron chi connectivity index (χ2n) is 4.64. The summed E-state index contributed by atoms with van der Waals surface area (Å²) >= 11 is 0. The monoisotopic (exact) mass is 242 g/mol. The van der Waals surface area contributed by atoms with Crippen LogP contribution in [0.25, 0.3) is 0 Å². The summed E-state index contributed by atoms with van der Waals surface area (Å²) in [5, 5.41) is 5.99. The van der Waals surface area contributed by atoms with E-state index in [9.17, 15) is 9.59 Å². The lowest BCUT2D eigenvalue weighted by atomic mass is 9.75. The lowest BCUT2D eigenvalue weighted by Gasteiger charge is -2.43. The minimum absolute atomic E-state index is 0.157. The van der Waals surface area contributed by atoms with Gasteiger partial charge in [-0.15, -0.1) is 0 Å². The molecule has 0 radical (unpaired) electrons. The first-order valence-corrected chi connectivity index (χ1v) is 6.13. The Morgan fingerprint density at radius 3 is 2.41 bits per heavy atom. The molecule has 1 fully saturated rings. The molecule has 0 aromatic rings. The number of esters is 1. The molecular weight excluding hydrogens is 220 g/mol. The van der Waals surface area contributed by atoms with Crippen LogP contribution in [0.1, 0.15) is 39.5 Å². The van der Waals surface area contributed by atoms with Gasteiger partial charge < -0.3 is 15.4 Å². The van der Waals surface area contributed by atoms with Crippen molar-refractivity contribution in [3.63, 3.8) is 0 Å². The Hall–Kier alpha value is -1.10. The standard InChI is InChI=1S/C12H22N2O3/c1-4-12(6-5-7-12)13-8-10(11(16)17-3)14-9(2)15/h10,13H,4-8H2,1-3H3,(H,14,15). The molecule has 1 aliphatic rings. The average molecular weight is 242 g/mol. The van der Waals surface area contributed by atoms with E-state index in [0.29, 0.717) is 6.54 Å². The van der Waals surface area contributed by atoms with Gasteiger partial charge in [0, 0.05) is 19.0 Å². The highest BCUT2D eigenvalue weighted by atomic mass is 16.5. The van der Waals surface area contributed by atoms with Gasteiger partial charge >= 0.3 is 5.97 Å². The van der Waals surface area contributed by atoms with Crippen molar-refractivity contribution in [1.82, 2.24) is 10.6 Å². The van der Waals surface area contributed by atoms with E-state index in [4.69, 9.17) is 0 Å². The van der Waals surface area contributed by atoms with Crippen molar-refractivity contribution >= 4 is 11.9 Å². The van der Waals surface area contributed by atoms with Crippen molar-refractivity contribution in [3.05, 3.63) is 0 Å². The second-order valence-corrected chi connectivity index (χ2v) is 4.64. The zero-order chi connectivity index (χ0) is 12.9. The molecule has 2 N–H and O–H groups in total. The minimum Gasteiger partial charge on any atom is -0.467 e. The Morgan fingerprint density at radius 1 is 1.41 bits per heavy atom. The molecule has 1 atom stereocenters. The normalized spacial score (nSPS) is 19.0. The van der Waals surface area contributed by atoms with Gasteiger partial charge in [0.05, 0.1) is 7.11 Å². The molecule has 0 heterocycles. The van der Waals surface area contributed by atoms with E-state index in [2.05, 4.69) is 22.3 Å². The van der Waals surface area contributed by atoms with Gasteiger partial charge in [0.25, 0.3) is 0 Å². The summed E-state index contributed by atoms with van der Waals surface area (Å²) in [5.74, 6) is -0.625. The SMILES string of the molecule is CCC1(NCC(NC(C)=O)C(=O)OC)CCC1. The third-order valence-corrected chi connectivity index (χ3v) is 3.53. The van der Waals surface area contributed by atoms with Crippen molar-refractivity contribution < 1.29 is 14.3 Å². The van der Waals surface area contributed by atoms with Gasteiger partial charge in [0.2, 0.25) is 5.91 Å². The van der Waals surface area contributed by atoms with Crippen LogP contribution < -0.4 is 10.6 Å². The molecule has 98 valence electrons. The highest BCUT2D eigenvalue weighted by molar-refractivity contribution is 5.83. The first-order valence-electron chi connectivity index (χ1n) is 6.13. The molecule has 5 heteroatoms. The van der Waals surface area contributed by atoms with E-state index in [-0.39, 0.29) is 11.4 Å². The minimum atomic E-state index is -0.596. The molecule has 0 saturated heterocycles. The highest BCUT2D eigenvalue weighted by Crippen LogP contribution is 2.34. The third-order valence-electron chi connectivity index (χ3n) is 3.53. The number of methoxy groups -OCH3 is 1. The molecular formula is C12H22N2O3. The fourth-order valence-corrected chi connectivity index (χ4v) is 2.16. The van der Waals surface area contributed by atoms with Crippen LogP contribution in [-0.2, 0) is 14.3 Å². The van der Waals surface area contributed by atoms with E-state index >= 15 is 0 Å². The molecule has 1 rings (SSSR count). The molecule has 0 bridgehead atoms. The van der Waals surface area contributed by atoms with Crippen molar-refractivity contribution in [1.29, 1.82) is 0 Å². The maximum absolute atomic E-state index is 11.5. The van der Waals surface area contributed by atoms with Crippen LogP contribution in [0.2, 0.25) is 0 Å². The smallest absolute Gasteiger partial charge is 0.329 e. The highest BCUT2D eigenvalue weighted by Gasteiger charge is 2.35. The van der Waals surface area contributed by atoms with Crippen LogP contribution in [-0.4, -0.2) is 37.1 Å². The van der Waals surface area contributed by atoms with E-state index in [1.165, 1.54) is 20.5 Å². The molecule has 17 heavy (non-hydrogen) atoms. The van der Waals surface area contributed by atoms with E-state index in [1.54, 1.807) is 0 Å². The van der Waals surface area contributed by atoms with E-state index in [0.717, 1.165) is 19.3 Å². The molecule has 1 saturated carbocycles. The number of rotatable bonds is 6. The predicted octanol–water partition coefficient (Wildman–Crippen LogP) is 0.586. The van der Waals surface area contributed by atoms with Crippen LogP contribution in [0.4, 0.5) is 0 Å². The van der Waals surface area contributed by atoms with Crippen LogP contribution in [0, 0.1) is 0 Å². The van der Waals surface area contributed by atoms with Gasteiger partial charge in [-0.05, 0) is 25.7 Å². The Labute approximate surface area is 102 Å². The first kappa shape index (κ1) is 14.0. The van der Waals surface area contributed by atoms with Crippen LogP contribution in [0.5, 0.6) is 0 Å². The summed E-state index contributed by atoms with van der Waals surface area (Å²) in [6.45, 7) is 3.96. The van der Waals surface area contributed by atoms with Crippen molar-refractivity contribution in [2.24, 2.45) is 0 Å². The zero-order valence-electron chi connectivity index (χ0n) is 10.8. The predicted molar refractivity (Wildman–Crippen MR) is 64.5 cm³/mol. The Balaban J connectivity index is 2.48. The molecule has 0 aliphatic heterocycles. The van der Waals surface area contributed by atoms with Gasteiger partial charge in [-0.3, -0.25) is 4.79 Å². The van der Waals surface area contributed by atoms with Gasteiger partial charge in [0.15, 0.2) is 0 Å². The first-order chi connectivity index (χ1) is 8.03. The largest absolute Gasteiger partial charge is 0.467 e. The molecule has 1 amide bonds. The summed E-state index contributed by atoms with van der Waals surface area (Å²) < 4.78 is 4.67. The molecule has 0 spiro atoms. The summed E-state index contributed by atoms with van der Waals surface area (Å²) in [5.41, 5.74) is 0.157. The molecule has 1 unspecified atom stereocenters. The van der Waals surface area contributed by atoms with Crippen molar-refractivity contribution in [2.75, 3.05) is 13.7 Å². The van der Waals surface area contributed by atoms with Gasteiger partial charge in [-0.25, -0.2) is 4.79 Å². The van der Waals surface area contributed by atoms with Crippen molar-refractivity contribution in [3.8, 4) is 0 Å². The number of hydrogen-bond acceptors (Lipinski definition) is 4. The van der Waals surface area contributed by atoms with Gasteiger partial charge in [-0.2, -0.15) is 0 Å². The van der Waals surface area contributed by atoms with Crippen LogP contribution in [0.3, 0.4) is 0 Å². The second kappa shape index (κ2) is 6.00. The fourth-order valence-electron chi connectivity index (χ4n) is 2.16. The van der Waals surface area contributed by atoms with Crippen molar-refractivity contribution in [2.45, 2.75) is 51.1 Å².